The van der Waals surface area contributed by atoms with Gasteiger partial charge in [-0.2, -0.15) is 0 Å². The van der Waals surface area contributed by atoms with E-state index in [4.69, 9.17) is 0 Å². The summed E-state index contributed by atoms with van der Waals surface area (Å²) in [6.07, 6.45) is 6.23. The van der Waals surface area contributed by atoms with Crippen molar-refractivity contribution in [3.8, 4) is 0 Å². The van der Waals surface area contributed by atoms with Gasteiger partial charge in [-0.25, -0.2) is 0 Å². The fourth-order valence-electron chi connectivity index (χ4n) is 2.68. The Morgan fingerprint density at radius 2 is 2.12 bits per heavy atom. The van der Waals surface area contributed by atoms with E-state index in [2.05, 4.69) is 31.0 Å². The van der Waals surface area contributed by atoms with Crippen LogP contribution in [-0.2, 0) is 4.79 Å². The molecule has 2 atom stereocenters. The van der Waals surface area contributed by atoms with Crippen molar-refractivity contribution in [2.24, 2.45) is 11.8 Å². The van der Waals surface area contributed by atoms with Crippen LogP contribution in [-0.4, -0.2) is 29.6 Å². The Morgan fingerprint density at radius 3 is 2.65 bits per heavy atom. The van der Waals surface area contributed by atoms with E-state index >= 15 is 0 Å². The van der Waals surface area contributed by atoms with Crippen LogP contribution >= 0.6 is 0 Å². The van der Waals surface area contributed by atoms with Crippen molar-refractivity contribution in [2.75, 3.05) is 6.54 Å². The summed E-state index contributed by atoms with van der Waals surface area (Å²) in [7, 11) is 0. The van der Waals surface area contributed by atoms with Crippen molar-refractivity contribution >= 4 is 5.91 Å². The zero-order valence-corrected chi connectivity index (χ0v) is 11.4. The molecule has 1 amide bonds. The standard InChI is InChI=1S/C14H26N2O/c1-4-12-14(17)16(8-7-11-5-6-11)13(15-12)9-10(2)3/h10-13,15H,4-9H2,1-3H3. The maximum atomic E-state index is 12.2. The van der Waals surface area contributed by atoms with Crippen molar-refractivity contribution in [3.05, 3.63) is 0 Å². The van der Waals surface area contributed by atoms with Crippen LogP contribution in [0.1, 0.15) is 52.9 Å². The highest BCUT2D eigenvalue weighted by Crippen LogP contribution is 2.33. The molecule has 2 unspecified atom stereocenters. The summed E-state index contributed by atoms with van der Waals surface area (Å²) in [6, 6.07) is 0.0675. The fourth-order valence-corrected chi connectivity index (χ4v) is 2.68. The van der Waals surface area contributed by atoms with Gasteiger partial charge in [0.25, 0.3) is 0 Å². The molecule has 0 bridgehead atoms. The highest BCUT2D eigenvalue weighted by molar-refractivity contribution is 5.84. The summed E-state index contributed by atoms with van der Waals surface area (Å²) in [5.74, 6) is 1.88. The van der Waals surface area contributed by atoms with Crippen molar-refractivity contribution in [1.29, 1.82) is 0 Å². The summed E-state index contributed by atoms with van der Waals surface area (Å²) in [4.78, 5) is 14.3. The fraction of sp³-hybridized carbons (Fsp3) is 0.929. The van der Waals surface area contributed by atoms with E-state index < -0.39 is 0 Å². The van der Waals surface area contributed by atoms with Gasteiger partial charge in [0.2, 0.25) is 5.91 Å². The second-order valence-corrected chi connectivity index (χ2v) is 6.04. The smallest absolute Gasteiger partial charge is 0.241 e. The molecule has 3 nitrogen and oxygen atoms in total. The molecule has 1 N–H and O–H groups in total. The van der Waals surface area contributed by atoms with Crippen LogP contribution in [0.15, 0.2) is 0 Å². The number of hydrogen-bond donors (Lipinski definition) is 1. The largest absolute Gasteiger partial charge is 0.326 e. The number of amides is 1. The average Bonchev–Trinajstić information content (AvgIpc) is 3.04. The monoisotopic (exact) mass is 238 g/mol. The zero-order valence-electron chi connectivity index (χ0n) is 11.4. The maximum absolute atomic E-state index is 12.2. The highest BCUT2D eigenvalue weighted by Gasteiger charge is 2.38. The maximum Gasteiger partial charge on any atom is 0.241 e. The zero-order chi connectivity index (χ0) is 12.4. The minimum atomic E-state index is 0.0675. The molecule has 1 aliphatic carbocycles. The molecule has 0 spiro atoms. The molecule has 2 fully saturated rings. The molecule has 1 aliphatic heterocycles. The molecule has 17 heavy (non-hydrogen) atoms. The quantitative estimate of drug-likeness (QED) is 0.770. The van der Waals surface area contributed by atoms with Crippen LogP contribution in [0.5, 0.6) is 0 Å². The van der Waals surface area contributed by atoms with E-state index in [0.29, 0.717) is 11.8 Å². The second-order valence-electron chi connectivity index (χ2n) is 6.04. The van der Waals surface area contributed by atoms with Gasteiger partial charge >= 0.3 is 0 Å². The third kappa shape index (κ3) is 3.21. The first-order chi connectivity index (χ1) is 8.11. The van der Waals surface area contributed by atoms with Crippen LogP contribution in [0.3, 0.4) is 0 Å². The molecule has 1 heterocycles. The molecule has 0 radical (unpaired) electrons. The van der Waals surface area contributed by atoms with Crippen LogP contribution in [0.2, 0.25) is 0 Å². The van der Waals surface area contributed by atoms with Gasteiger partial charge in [0.1, 0.15) is 0 Å². The summed E-state index contributed by atoms with van der Waals surface area (Å²) >= 11 is 0. The number of carbonyl (C=O) groups excluding carboxylic acids is 1. The number of hydrogen-bond acceptors (Lipinski definition) is 2. The first-order valence-electron chi connectivity index (χ1n) is 7.18. The van der Waals surface area contributed by atoms with Crippen molar-refractivity contribution in [2.45, 2.75) is 65.1 Å². The number of nitrogens with zero attached hydrogens (tertiary/aromatic N) is 1. The lowest BCUT2D eigenvalue weighted by Gasteiger charge is -2.25. The summed E-state index contributed by atoms with van der Waals surface area (Å²) in [5.41, 5.74) is 0. The number of carbonyl (C=O) groups is 1. The first kappa shape index (κ1) is 12.9. The van der Waals surface area contributed by atoms with Gasteiger partial charge in [-0.1, -0.05) is 33.6 Å². The Kier molecular flexibility index (Phi) is 4.08. The van der Waals surface area contributed by atoms with Crippen molar-refractivity contribution in [1.82, 2.24) is 10.2 Å². The lowest BCUT2D eigenvalue weighted by Crippen LogP contribution is -2.39. The summed E-state index contributed by atoms with van der Waals surface area (Å²) in [6.45, 7) is 7.51. The van der Waals surface area contributed by atoms with Gasteiger partial charge in [-0.05, 0) is 31.1 Å². The Balaban J connectivity index is 1.92. The molecule has 0 aromatic rings. The number of nitrogens with one attached hydrogen (secondary N) is 1. The Labute approximate surface area is 105 Å². The first-order valence-corrected chi connectivity index (χ1v) is 7.18. The van der Waals surface area contributed by atoms with Crippen molar-refractivity contribution in [3.63, 3.8) is 0 Å². The van der Waals surface area contributed by atoms with Crippen molar-refractivity contribution < 1.29 is 4.79 Å². The third-order valence-corrected chi connectivity index (χ3v) is 3.93. The third-order valence-electron chi connectivity index (χ3n) is 3.93. The Morgan fingerprint density at radius 1 is 1.41 bits per heavy atom. The Bertz CT molecular complexity index is 273. The predicted octanol–water partition coefficient (Wildman–Crippen LogP) is 2.37. The molecule has 2 rings (SSSR count). The molecule has 3 heteroatoms. The van der Waals surface area contributed by atoms with E-state index in [-0.39, 0.29) is 12.2 Å². The van der Waals surface area contributed by atoms with Crippen LogP contribution in [0, 0.1) is 11.8 Å². The van der Waals surface area contributed by atoms with Gasteiger partial charge < -0.3 is 4.90 Å². The van der Waals surface area contributed by atoms with Gasteiger partial charge in [0.15, 0.2) is 0 Å². The molecular weight excluding hydrogens is 212 g/mol. The van der Waals surface area contributed by atoms with Crippen LogP contribution < -0.4 is 5.32 Å². The second kappa shape index (κ2) is 5.38. The molecular formula is C14H26N2O. The molecule has 0 aromatic heterocycles. The minimum Gasteiger partial charge on any atom is -0.326 e. The number of rotatable bonds is 6. The van der Waals surface area contributed by atoms with Gasteiger partial charge in [-0.15, -0.1) is 0 Å². The lowest BCUT2D eigenvalue weighted by atomic mass is 10.1. The molecule has 1 saturated carbocycles. The van der Waals surface area contributed by atoms with E-state index in [1.54, 1.807) is 0 Å². The van der Waals surface area contributed by atoms with Gasteiger partial charge in [0, 0.05) is 6.54 Å². The lowest BCUT2D eigenvalue weighted by molar-refractivity contribution is -0.130. The normalized spacial score (nSPS) is 29.4. The average molecular weight is 238 g/mol. The molecule has 98 valence electrons. The van der Waals surface area contributed by atoms with E-state index in [9.17, 15) is 4.79 Å². The Hall–Kier alpha value is -0.570. The van der Waals surface area contributed by atoms with E-state index in [1.165, 1.54) is 19.3 Å². The molecule has 2 aliphatic rings. The van der Waals surface area contributed by atoms with E-state index in [1.807, 2.05) is 0 Å². The summed E-state index contributed by atoms with van der Waals surface area (Å²) < 4.78 is 0. The minimum absolute atomic E-state index is 0.0675. The summed E-state index contributed by atoms with van der Waals surface area (Å²) in [5, 5.41) is 3.49. The topological polar surface area (TPSA) is 32.3 Å². The van der Waals surface area contributed by atoms with Crippen LogP contribution in [0.4, 0.5) is 0 Å². The SMILES string of the molecule is CCC1NC(CC(C)C)N(CCC2CC2)C1=O. The molecule has 1 saturated heterocycles. The van der Waals surface area contributed by atoms with E-state index in [0.717, 1.165) is 25.3 Å². The van der Waals surface area contributed by atoms with Gasteiger partial charge in [0.05, 0.1) is 12.2 Å². The highest BCUT2D eigenvalue weighted by atomic mass is 16.2. The van der Waals surface area contributed by atoms with Gasteiger partial charge in [-0.3, -0.25) is 10.1 Å². The predicted molar refractivity (Wildman–Crippen MR) is 69.5 cm³/mol. The molecule has 0 aromatic carbocycles. The van der Waals surface area contributed by atoms with Crippen LogP contribution in [0.25, 0.3) is 0 Å².